The van der Waals surface area contributed by atoms with Gasteiger partial charge < -0.3 is 11.2 Å². The van der Waals surface area contributed by atoms with Crippen molar-refractivity contribution in [1.82, 2.24) is 20.2 Å². The van der Waals surface area contributed by atoms with E-state index >= 15 is 0 Å². The fourth-order valence-corrected chi connectivity index (χ4v) is 4.07. The van der Waals surface area contributed by atoms with Gasteiger partial charge in [-0.3, -0.25) is 4.79 Å². The van der Waals surface area contributed by atoms with Crippen molar-refractivity contribution in [1.29, 1.82) is 0 Å². The van der Waals surface area contributed by atoms with Crippen molar-refractivity contribution in [2.45, 2.75) is 56.6 Å². The molecule has 26 heavy (non-hydrogen) atoms. The molecule has 7 heteroatoms. The molecular weight excluding hydrogens is 346 g/mol. The highest BCUT2D eigenvalue weighted by Crippen LogP contribution is 2.27. The molecule has 0 radical (unpaired) electrons. The Morgan fingerprint density at radius 1 is 1.19 bits per heavy atom. The second kappa shape index (κ2) is 9.62. The van der Waals surface area contributed by atoms with Crippen LogP contribution in [0.25, 0.3) is 0 Å². The van der Waals surface area contributed by atoms with Gasteiger partial charge in [-0.1, -0.05) is 74.2 Å². The molecule has 0 bridgehead atoms. The molecule has 2 aromatic rings. The summed E-state index contributed by atoms with van der Waals surface area (Å²) >= 11 is 1.32. The van der Waals surface area contributed by atoms with Gasteiger partial charge in [-0.25, -0.2) is 4.68 Å². The van der Waals surface area contributed by atoms with Gasteiger partial charge in [-0.2, -0.15) is 0 Å². The van der Waals surface area contributed by atoms with Crippen molar-refractivity contribution in [2.75, 3.05) is 11.6 Å². The molecule has 1 amide bonds. The first-order chi connectivity index (χ1) is 12.7. The van der Waals surface area contributed by atoms with Crippen molar-refractivity contribution < 1.29 is 4.79 Å². The molecule has 1 saturated carbocycles. The normalized spacial score (nSPS) is 15.1. The largest absolute Gasteiger partial charge is 0.351 e. The van der Waals surface area contributed by atoms with Gasteiger partial charge in [0.1, 0.15) is 0 Å². The first kappa shape index (κ1) is 18.8. The van der Waals surface area contributed by atoms with Crippen LogP contribution < -0.4 is 11.2 Å². The molecule has 0 unspecified atom stereocenters. The number of amides is 1. The Bertz CT molecular complexity index is 697. The number of aryl methyl sites for hydroxylation is 1. The van der Waals surface area contributed by atoms with Crippen LogP contribution in [0.3, 0.4) is 0 Å². The average molecular weight is 374 g/mol. The van der Waals surface area contributed by atoms with Crippen LogP contribution in [-0.4, -0.2) is 26.5 Å². The maximum atomic E-state index is 12.0. The molecule has 3 N–H and O–H groups in total. The van der Waals surface area contributed by atoms with Crippen LogP contribution in [0.1, 0.15) is 49.9 Å². The summed E-state index contributed by atoms with van der Waals surface area (Å²) in [5, 5.41) is 11.8. The minimum atomic E-state index is -0.0365. The van der Waals surface area contributed by atoms with Gasteiger partial charge in [0.2, 0.25) is 11.1 Å². The average Bonchev–Trinajstić information content (AvgIpc) is 3.04. The summed E-state index contributed by atoms with van der Waals surface area (Å²) in [4.78, 5) is 12.0. The molecule has 0 aliphatic heterocycles. The SMILES string of the molecule is Nn1c(CCC2CCCCC2)nnc1SCC(=O)NCc1ccccc1. The lowest BCUT2D eigenvalue weighted by Gasteiger charge is -2.20. The summed E-state index contributed by atoms with van der Waals surface area (Å²) in [7, 11) is 0. The third kappa shape index (κ3) is 5.49. The highest BCUT2D eigenvalue weighted by atomic mass is 32.2. The number of hydrogen-bond acceptors (Lipinski definition) is 5. The second-order valence-electron chi connectivity index (χ2n) is 6.86. The van der Waals surface area contributed by atoms with Crippen molar-refractivity contribution in [2.24, 2.45) is 5.92 Å². The number of benzene rings is 1. The summed E-state index contributed by atoms with van der Waals surface area (Å²) in [5.74, 6) is 7.96. The Morgan fingerprint density at radius 2 is 1.96 bits per heavy atom. The van der Waals surface area contributed by atoms with E-state index in [4.69, 9.17) is 5.84 Å². The van der Waals surface area contributed by atoms with Crippen LogP contribution in [0.2, 0.25) is 0 Å². The van der Waals surface area contributed by atoms with Gasteiger partial charge in [0, 0.05) is 13.0 Å². The lowest BCUT2D eigenvalue weighted by molar-refractivity contribution is -0.118. The van der Waals surface area contributed by atoms with Crippen molar-refractivity contribution in [3.05, 3.63) is 41.7 Å². The second-order valence-corrected chi connectivity index (χ2v) is 7.81. The summed E-state index contributed by atoms with van der Waals surface area (Å²) in [6, 6.07) is 9.86. The number of nitrogens with two attached hydrogens (primary N) is 1. The number of rotatable bonds is 8. The summed E-state index contributed by atoms with van der Waals surface area (Å²) < 4.78 is 1.54. The fourth-order valence-electron chi connectivity index (χ4n) is 3.36. The number of nitrogens with one attached hydrogen (secondary N) is 1. The van der Waals surface area contributed by atoms with E-state index in [0.717, 1.165) is 30.1 Å². The molecule has 140 valence electrons. The molecule has 1 aliphatic carbocycles. The molecule has 1 fully saturated rings. The Labute approximate surface area is 158 Å². The topological polar surface area (TPSA) is 85.8 Å². The molecule has 1 aromatic heterocycles. The zero-order valence-corrected chi connectivity index (χ0v) is 15.9. The quantitative estimate of drug-likeness (QED) is 0.549. The van der Waals surface area contributed by atoms with Crippen LogP contribution in [0, 0.1) is 5.92 Å². The van der Waals surface area contributed by atoms with Crippen molar-refractivity contribution in [3.63, 3.8) is 0 Å². The molecule has 0 atom stereocenters. The van der Waals surface area contributed by atoms with E-state index in [9.17, 15) is 4.79 Å². The number of aromatic nitrogens is 3. The van der Waals surface area contributed by atoms with E-state index in [2.05, 4.69) is 15.5 Å². The number of carbonyl (C=O) groups excluding carboxylic acids is 1. The molecular formula is C19H27N5OS. The van der Waals surface area contributed by atoms with Crippen LogP contribution >= 0.6 is 11.8 Å². The maximum absolute atomic E-state index is 12.0. The molecule has 1 heterocycles. The van der Waals surface area contributed by atoms with Gasteiger partial charge in [0.15, 0.2) is 5.82 Å². The zero-order valence-electron chi connectivity index (χ0n) is 15.1. The Hall–Kier alpha value is -2.02. The number of hydrogen-bond donors (Lipinski definition) is 2. The molecule has 1 aromatic carbocycles. The molecule has 0 saturated heterocycles. The Kier molecular flexibility index (Phi) is 6.94. The van der Waals surface area contributed by atoms with Gasteiger partial charge in [-0.05, 0) is 17.9 Å². The minimum absolute atomic E-state index is 0.0365. The van der Waals surface area contributed by atoms with Gasteiger partial charge >= 0.3 is 0 Å². The third-order valence-electron chi connectivity index (χ3n) is 4.90. The minimum Gasteiger partial charge on any atom is -0.351 e. The smallest absolute Gasteiger partial charge is 0.230 e. The number of thioether (sulfide) groups is 1. The van der Waals surface area contributed by atoms with E-state index in [0.29, 0.717) is 11.7 Å². The summed E-state index contributed by atoms with van der Waals surface area (Å²) in [5.41, 5.74) is 1.08. The third-order valence-corrected chi connectivity index (χ3v) is 5.84. The fraction of sp³-hybridized carbons (Fsp3) is 0.526. The number of nitrogen functional groups attached to an aromatic ring is 1. The molecule has 3 rings (SSSR count). The van der Waals surface area contributed by atoms with Crippen LogP contribution in [0.4, 0.5) is 0 Å². The van der Waals surface area contributed by atoms with Crippen LogP contribution in [0.15, 0.2) is 35.5 Å². The monoisotopic (exact) mass is 373 g/mol. The maximum Gasteiger partial charge on any atom is 0.230 e. The van der Waals surface area contributed by atoms with Gasteiger partial charge in [0.25, 0.3) is 0 Å². The van der Waals surface area contributed by atoms with Crippen LogP contribution in [-0.2, 0) is 17.8 Å². The van der Waals surface area contributed by atoms with E-state index in [-0.39, 0.29) is 11.7 Å². The predicted molar refractivity (Wildman–Crippen MR) is 104 cm³/mol. The van der Waals surface area contributed by atoms with E-state index in [1.54, 1.807) is 0 Å². The Morgan fingerprint density at radius 3 is 2.73 bits per heavy atom. The number of carbonyl (C=O) groups is 1. The molecule has 0 spiro atoms. The van der Waals surface area contributed by atoms with Crippen LogP contribution in [0.5, 0.6) is 0 Å². The van der Waals surface area contributed by atoms with Gasteiger partial charge in [0.05, 0.1) is 5.75 Å². The molecule has 1 aliphatic rings. The first-order valence-electron chi connectivity index (χ1n) is 9.35. The lowest BCUT2D eigenvalue weighted by Crippen LogP contribution is -2.25. The standard InChI is InChI=1S/C19H27N5OS/c20-24-17(12-11-15-7-3-1-4-8-15)22-23-19(24)26-14-18(25)21-13-16-9-5-2-6-10-16/h2,5-6,9-10,15H,1,3-4,7-8,11-14,20H2,(H,21,25). The van der Waals surface area contributed by atoms with E-state index in [1.165, 1.54) is 48.5 Å². The molecule has 6 nitrogen and oxygen atoms in total. The predicted octanol–water partition coefficient (Wildman–Crippen LogP) is 2.91. The summed E-state index contributed by atoms with van der Waals surface area (Å²) in [6.07, 6.45) is 8.69. The highest BCUT2D eigenvalue weighted by Gasteiger charge is 2.16. The Balaban J connectivity index is 1.41. The van der Waals surface area contributed by atoms with Crippen molar-refractivity contribution in [3.8, 4) is 0 Å². The lowest BCUT2D eigenvalue weighted by atomic mass is 9.86. The van der Waals surface area contributed by atoms with E-state index < -0.39 is 0 Å². The summed E-state index contributed by atoms with van der Waals surface area (Å²) in [6.45, 7) is 0.530. The first-order valence-corrected chi connectivity index (χ1v) is 10.3. The van der Waals surface area contributed by atoms with E-state index in [1.807, 2.05) is 30.3 Å². The number of nitrogens with zero attached hydrogens (tertiary/aromatic N) is 3. The van der Waals surface area contributed by atoms with Crippen molar-refractivity contribution >= 4 is 17.7 Å². The highest BCUT2D eigenvalue weighted by molar-refractivity contribution is 7.99. The van der Waals surface area contributed by atoms with Gasteiger partial charge in [-0.15, -0.1) is 10.2 Å². The zero-order chi connectivity index (χ0) is 18.2.